The van der Waals surface area contributed by atoms with Crippen molar-refractivity contribution in [2.75, 3.05) is 5.32 Å². The molecular formula is C15H17F2NO2. The van der Waals surface area contributed by atoms with Crippen molar-refractivity contribution < 1.29 is 18.3 Å². The molecular weight excluding hydrogens is 264 g/mol. The zero-order chi connectivity index (χ0) is 14.1. The minimum atomic E-state index is -2.84. The summed E-state index contributed by atoms with van der Waals surface area (Å²) in [5.41, 5.74) is 1.53. The van der Waals surface area contributed by atoms with Crippen molar-refractivity contribution >= 4 is 11.6 Å². The average molecular weight is 281 g/mol. The number of halogens is 2. The van der Waals surface area contributed by atoms with Crippen molar-refractivity contribution in [1.82, 2.24) is 0 Å². The van der Waals surface area contributed by atoms with Gasteiger partial charge < -0.3 is 10.1 Å². The number of carbonyl (C=O) groups is 1. The summed E-state index contributed by atoms with van der Waals surface area (Å²) in [7, 11) is 0. The highest BCUT2D eigenvalue weighted by atomic mass is 19.3. The molecule has 108 valence electrons. The standard InChI is InChI=1S/C15H17F2NO2/c16-15(17)20-10-6-7-12-11(8-10)13(14(19)18-12)9-4-2-1-3-5-9/h6-9,13,15H,1-5H2,(H,18,19). The highest BCUT2D eigenvalue weighted by Crippen LogP contribution is 2.44. The number of rotatable bonds is 3. The van der Waals surface area contributed by atoms with Crippen LogP contribution < -0.4 is 10.1 Å². The van der Waals surface area contributed by atoms with Crippen LogP contribution in [0.15, 0.2) is 18.2 Å². The molecule has 1 fully saturated rings. The van der Waals surface area contributed by atoms with Crippen molar-refractivity contribution in [1.29, 1.82) is 0 Å². The van der Waals surface area contributed by atoms with Gasteiger partial charge in [-0.2, -0.15) is 8.78 Å². The van der Waals surface area contributed by atoms with Gasteiger partial charge in [-0.05, 0) is 42.5 Å². The van der Waals surface area contributed by atoms with Crippen molar-refractivity contribution in [3.8, 4) is 5.75 Å². The molecule has 0 spiro atoms. The van der Waals surface area contributed by atoms with Crippen LogP contribution in [0.1, 0.15) is 43.6 Å². The lowest BCUT2D eigenvalue weighted by molar-refractivity contribution is -0.118. The Bertz CT molecular complexity index is 513. The molecule has 1 aromatic carbocycles. The summed E-state index contributed by atoms with van der Waals surface area (Å²) in [6.45, 7) is -2.84. The molecule has 0 bridgehead atoms. The minimum Gasteiger partial charge on any atom is -0.435 e. The Kier molecular flexibility index (Phi) is 3.59. The van der Waals surface area contributed by atoms with Crippen LogP contribution in [0.5, 0.6) is 5.75 Å². The number of carbonyl (C=O) groups excluding carboxylic acids is 1. The first-order valence-corrected chi connectivity index (χ1v) is 7.05. The number of hydrogen-bond acceptors (Lipinski definition) is 2. The maximum Gasteiger partial charge on any atom is 0.387 e. The third-order valence-electron chi connectivity index (χ3n) is 4.24. The van der Waals surface area contributed by atoms with E-state index in [1.54, 1.807) is 12.1 Å². The first-order chi connectivity index (χ1) is 9.65. The molecule has 1 atom stereocenters. The molecule has 1 saturated carbocycles. The second-order valence-corrected chi connectivity index (χ2v) is 5.49. The zero-order valence-electron chi connectivity index (χ0n) is 11.1. The number of fused-ring (bicyclic) bond motifs is 1. The van der Waals surface area contributed by atoms with E-state index in [1.807, 2.05) is 0 Å². The number of ether oxygens (including phenoxy) is 1. The molecule has 1 N–H and O–H groups in total. The highest BCUT2D eigenvalue weighted by molar-refractivity contribution is 6.03. The monoisotopic (exact) mass is 281 g/mol. The lowest BCUT2D eigenvalue weighted by Crippen LogP contribution is -2.22. The van der Waals surface area contributed by atoms with E-state index in [9.17, 15) is 13.6 Å². The van der Waals surface area contributed by atoms with E-state index < -0.39 is 6.61 Å². The number of benzene rings is 1. The normalized spacial score (nSPS) is 22.8. The van der Waals surface area contributed by atoms with Crippen molar-refractivity contribution in [2.45, 2.75) is 44.6 Å². The smallest absolute Gasteiger partial charge is 0.387 e. The molecule has 0 aromatic heterocycles. The molecule has 1 amide bonds. The van der Waals surface area contributed by atoms with Gasteiger partial charge in [0, 0.05) is 5.69 Å². The van der Waals surface area contributed by atoms with Crippen molar-refractivity contribution in [3.05, 3.63) is 23.8 Å². The van der Waals surface area contributed by atoms with Gasteiger partial charge in [-0.25, -0.2) is 0 Å². The number of nitrogens with one attached hydrogen (secondary N) is 1. The quantitative estimate of drug-likeness (QED) is 0.912. The van der Waals surface area contributed by atoms with E-state index in [2.05, 4.69) is 10.1 Å². The third-order valence-corrected chi connectivity index (χ3v) is 4.24. The van der Waals surface area contributed by atoms with Gasteiger partial charge in [-0.15, -0.1) is 0 Å². The van der Waals surface area contributed by atoms with E-state index in [0.717, 1.165) is 36.9 Å². The molecule has 2 aliphatic rings. The van der Waals surface area contributed by atoms with Gasteiger partial charge in [-0.3, -0.25) is 4.79 Å². The predicted molar refractivity (Wildman–Crippen MR) is 71.0 cm³/mol. The molecule has 1 unspecified atom stereocenters. The molecule has 3 nitrogen and oxygen atoms in total. The SMILES string of the molecule is O=C1Nc2ccc(OC(F)F)cc2C1C1CCCCC1. The Labute approximate surface area is 116 Å². The van der Waals surface area contributed by atoms with E-state index in [-0.39, 0.29) is 17.6 Å². The molecule has 0 radical (unpaired) electrons. The molecule has 1 aliphatic heterocycles. The van der Waals surface area contributed by atoms with Crippen LogP contribution in [0.25, 0.3) is 0 Å². The minimum absolute atomic E-state index is 0.0129. The molecule has 3 rings (SSSR count). The largest absolute Gasteiger partial charge is 0.435 e. The lowest BCUT2D eigenvalue weighted by Gasteiger charge is -2.26. The van der Waals surface area contributed by atoms with Crippen LogP contribution >= 0.6 is 0 Å². The molecule has 1 aromatic rings. The second kappa shape index (κ2) is 5.38. The third kappa shape index (κ3) is 2.49. The Morgan fingerprint density at radius 1 is 1.20 bits per heavy atom. The Hall–Kier alpha value is -1.65. The summed E-state index contributed by atoms with van der Waals surface area (Å²) in [5.74, 6) is 0.204. The van der Waals surface area contributed by atoms with Gasteiger partial charge in [-0.1, -0.05) is 19.3 Å². The Balaban J connectivity index is 1.88. The van der Waals surface area contributed by atoms with E-state index in [1.165, 1.54) is 12.5 Å². The lowest BCUT2D eigenvalue weighted by atomic mass is 9.77. The molecule has 20 heavy (non-hydrogen) atoms. The van der Waals surface area contributed by atoms with Gasteiger partial charge in [0.25, 0.3) is 0 Å². The molecule has 0 saturated heterocycles. The fraction of sp³-hybridized carbons (Fsp3) is 0.533. The van der Waals surface area contributed by atoms with Gasteiger partial charge in [0.2, 0.25) is 5.91 Å². The van der Waals surface area contributed by atoms with Gasteiger partial charge in [0.15, 0.2) is 0 Å². The fourth-order valence-corrected chi connectivity index (χ4v) is 3.38. The predicted octanol–water partition coefficient (Wildman–Crippen LogP) is 3.90. The van der Waals surface area contributed by atoms with Crippen LogP contribution in [0.3, 0.4) is 0 Å². The van der Waals surface area contributed by atoms with Crippen molar-refractivity contribution in [3.63, 3.8) is 0 Å². The van der Waals surface area contributed by atoms with Gasteiger partial charge in [0.1, 0.15) is 5.75 Å². The van der Waals surface area contributed by atoms with E-state index in [0.29, 0.717) is 5.92 Å². The van der Waals surface area contributed by atoms with Gasteiger partial charge >= 0.3 is 6.61 Å². The zero-order valence-corrected chi connectivity index (χ0v) is 11.1. The van der Waals surface area contributed by atoms with Crippen LogP contribution in [-0.4, -0.2) is 12.5 Å². The first-order valence-electron chi connectivity index (χ1n) is 7.05. The maximum atomic E-state index is 12.3. The number of anilines is 1. The first kappa shape index (κ1) is 13.3. The second-order valence-electron chi connectivity index (χ2n) is 5.49. The van der Waals surface area contributed by atoms with Crippen LogP contribution in [0, 0.1) is 5.92 Å². The Morgan fingerprint density at radius 2 is 1.95 bits per heavy atom. The maximum absolute atomic E-state index is 12.3. The summed E-state index contributed by atoms with van der Waals surface area (Å²) >= 11 is 0. The van der Waals surface area contributed by atoms with Crippen LogP contribution in [-0.2, 0) is 4.79 Å². The fourth-order valence-electron chi connectivity index (χ4n) is 3.38. The van der Waals surface area contributed by atoms with E-state index >= 15 is 0 Å². The summed E-state index contributed by atoms with van der Waals surface area (Å²) in [4.78, 5) is 12.2. The number of hydrogen-bond donors (Lipinski definition) is 1. The highest BCUT2D eigenvalue weighted by Gasteiger charge is 2.37. The summed E-state index contributed by atoms with van der Waals surface area (Å²) in [6.07, 6.45) is 5.54. The molecule has 1 heterocycles. The average Bonchev–Trinajstić information content (AvgIpc) is 2.74. The van der Waals surface area contributed by atoms with E-state index in [4.69, 9.17) is 0 Å². The Morgan fingerprint density at radius 3 is 2.65 bits per heavy atom. The number of amides is 1. The van der Waals surface area contributed by atoms with Gasteiger partial charge in [0.05, 0.1) is 5.92 Å². The van der Waals surface area contributed by atoms with Crippen LogP contribution in [0.2, 0.25) is 0 Å². The summed E-state index contributed by atoms with van der Waals surface area (Å²) in [6, 6.07) is 4.70. The summed E-state index contributed by atoms with van der Waals surface area (Å²) in [5, 5.41) is 2.84. The number of alkyl halides is 2. The summed E-state index contributed by atoms with van der Waals surface area (Å²) < 4.78 is 29.0. The van der Waals surface area contributed by atoms with Crippen LogP contribution in [0.4, 0.5) is 14.5 Å². The molecule has 1 aliphatic carbocycles. The van der Waals surface area contributed by atoms with Crippen molar-refractivity contribution in [2.24, 2.45) is 5.92 Å². The molecule has 5 heteroatoms. The topological polar surface area (TPSA) is 38.3 Å².